The first-order chi connectivity index (χ1) is 6.04. The van der Waals surface area contributed by atoms with E-state index in [1.54, 1.807) is 0 Å². The fourth-order valence-corrected chi connectivity index (χ4v) is 1.10. The Morgan fingerprint density at radius 1 is 1.46 bits per heavy atom. The highest BCUT2D eigenvalue weighted by Gasteiger charge is 2.19. The molecule has 0 aromatic heterocycles. The van der Waals surface area contributed by atoms with E-state index in [-0.39, 0.29) is 11.3 Å². The Hall–Kier alpha value is -1.13. The highest BCUT2D eigenvalue weighted by atomic mass is 19.1. The van der Waals surface area contributed by atoms with Gasteiger partial charge in [0.2, 0.25) is 0 Å². The van der Waals surface area contributed by atoms with E-state index in [1.807, 2.05) is 0 Å². The van der Waals surface area contributed by atoms with Crippen LogP contribution < -0.4 is 5.73 Å². The number of hydrogen-bond acceptors (Lipinski definition) is 3. The molecule has 0 fully saturated rings. The highest BCUT2D eigenvalue weighted by molar-refractivity contribution is 5.36. The van der Waals surface area contributed by atoms with Gasteiger partial charge in [-0.2, -0.15) is 0 Å². The zero-order valence-electron chi connectivity index (χ0n) is 7.24. The summed E-state index contributed by atoms with van der Waals surface area (Å²) in [5, 5.41) is 18.4. The molecule has 0 radical (unpaired) electrons. The topological polar surface area (TPSA) is 66.5 Å². The van der Waals surface area contributed by atoms with Crippen LogP contribution in [-0.4, -0.2) is 16.3 Å². The van der Waals surface area contributed by atoms with Crippen LogP contribution >= 0.6 is 0 Å². The largest absolute Gasteiger partial charge is 0.507 e. The van der Waals surface area contributed by atoms with Crippen molar-refractivity contribution in [2.45, 2.75) is 19.1 Å². The molecular formula is C9H12FNO2. The normalized spacial score (nSPS) is 15.4. The lowest BCUT2D eigenvalue weighted by Gasteiger charge is -2.16. The molecule has 2 atom stereocenters. The minimum atomic E-state index is -0.902. The molecule has 0 aliphatic heterocycles. The van der Waals surface area contributed by atoms with E-state index in [1.165, 1.54) is 25.1 Å². The van der Waals surface area contributed by atoms with Gasteiger partial charge in [-0.15, -0.1) is 0 Å². The lowest BCUT2D eigenvalue weighted by molar-refractivity contribution is 0.161. The number of aromatic hydroxyl groups is 1. The zero-order chi connectivity index (χ0) is 10.0. The van der Waals surface area contributed by atoms with Crippen LogP contribution in [0.3, 0.4) is 0 Å². The molecule has 0 saturated carbocycles. The van der Waals surface area contributed by atoms with Gasteiger partial charge in [-0.25, -0.2) is 4.39 Å². The van der Waals surface area contributed by atoms with Crippen LogP contribution in [0.25, 0.3) is 0 Å². The third-order valence-electron chi connectivity index (χ3n) is 1.88. The van der Waals surface area contributed by atoms with E-state index in [4.69, 9.17) is 10.8 Å². The number of hydrogen-bond donors (Lipinski definition) is 3. The molecule has 72 valence electrons. The van der Waals surface area contributed by atoms with Gasteiger partial charge in [0.1, 0.15) is 11.6 Å². The van der Waals surface area contributed by atoms with Gasteiger partial charge < -0.3 is 15.9 Å². The first kappa shape index (κ1) is 9.95. The summed E-state index contributed by atoms with van der Waals surface area (Å²) in [6, 6.07) is 3.00. The van der Waals surface area contributed by atoms with Crippen molar-refractivity contribution in [2.24, 2.45) is 5.73 Å². The van der Waals surface area contributed by atoms with Crippen molar-refractivity contribution in [1.29, 1.82) is 0 Å². The molecule has 0 aliphatic rings. The predicted octanol–water partition coefficient (Wildman–Crippen LogP) is 0.912. The number of aliphatic hydroxyl groups is 1. The minimum absolute atomic E-state index is 0.0440. The Kier molecular flexibility index (Phi) is 2.85. The molecule has 0 heterocycles. The Labute approximate surface area is 75.6 Å². The van der Waals surface area contributed by atoms with Crippen LogP contribution in [-0.2, 0) is 0 Å². The molecule has 1 rings (SSSR count). The van der Waals surface area contributed by atoms with Crippen LogP contribution in [0.4, 0.5) is 4.39 Å². The lowest BCUT2D eigenvalue weighted by Crippen LogP contribution is -2.24. The van der Waals surface area contributed by atoms with Gasteiger partial charge in [-0.05, 0) is 19.1 Å². The second kappa shape index (κ2) is 3.72. The summed E-state index contributed by atoms with van der Waals surface area (Å²) in [5.41, 5.74) is 5.45. The Morgan fingerprint density at radius 2 is 2.08 bits per heavy atom. The van der Waals surface area contributed by atoms with Crippen LogP contribution in [0.15, 0.2) is 18.2 Å². The Balaban J connectivity index is 3.12. The van der Waals surface area contributed by atoms with Crippen molar-refractivity contribution in [3.05, 3.63) is 29.6 Å². The number of phenolic OH excluding ortho intramolecular Hbond substituents is 1. The van der Waals surface area contributed by atoms with Crippen LogP contribution in [0.2, 0.25) is 0 Å². The monoisotopic (exact) mass is 185 g/mol. The van der Waals surface area contributed by atoms with Crippen molar-refractivity contribution in [1.82, 2.24) is 0 Å². The van der Waals surface area contributed by atoms with Crippen molar-refractivity contribution in [2.75, 3.05) is 0 Å². The maximum Gasteiger partial charge on any atom is 0.131 e. The second-order valence-corrected chi connectivity index (χ2v) is 2.94. The molecule has 0 bridgehead atoms. The molecule has 1 aromatic carbocycles. The molecule has 4 heteroatoms. The van der Waals surface area contributed by atoms with Crippen molar-refractivity contribution in [3.63, 3.8) is 0 Å². The smallest absolute Gasteiger partial charge is 0.131 e. The fourth-order valence-electron chi connectivity index (χ4n) is 1.10. The molecule has 4 N–H and O–H groups in total. The number of phenols is 1. The van der Waals surface area contributed by atoms with E-state index in [0.717, 1.165) is 0 Å². The maximum absolute atomic E-state index is 13.1. The summed E-state index contributed by atoms with van der Waals surface area (Å²) >= 11 is 0. The summed E-state index contributed by atoms with van der Waals surface area (Å²) in [6.45, 7) is 1.44. The number of rotatable bonds is 2. The van der Waals surface area contributed by atoms with E-state index < -0.39 is 18.0 Å². The molecule has 0 spiro atoms. The van der Waals surface area contributed by atoms with Crippen molar-refractivity contribution >= 4 is 0 Å². The predicted molar refractivity (Wildman–Crippen MR) is 46.7 cm³/mol. The first-order valence-corrected chi connectivity index (χ1v) is 3.95. The molecule has 3 nitrogen and oxygen atoms in total. The van der Waals surface area contributed by atoms with Gasteiger partial charge in [-0.1, -0.05) is 6.07 Å². The standard InChI is InChI=1S/C9H12FNO2/c1-5(12)9(11)8-6(10)3-2-4-7(8)13/h2-5,9,12-13H,11H2,1H3/t5?,9-/m0/s1. The molecule has 1 aromatic rings. The maximum atomic E-state index is 13.1. The number of benzene rings is 1. The van der Waals surface area contributed by atoms with Crippen molar-refractivity contribution < 1.29 is 14.6 Å². The number of halogens is 1. The van der Waals surface area contributed by atoms with E-state index >= 15 is 0 Å². The van der Waals surface area contributed by atoms with Crippen LogP contribution in [0.5, 0.6) is 5.75 Å². The first-order valence-electron chi connectivity index (χ1n) is 3.95. The summed E-state index contributed by atoms with van der Waals surface area (Å²) in [7, 11) is 0. The molecule has 13 heavy (non-hydrogen) atoms. The molecule has 0 amide bonds. The lowest BCUT2D eigenvalue weighted by atomic mass is 10.0. The minimum Gasteiger partial charge on any atom is -0.507 e. The van der Waals surface area contributed by atoms with Gasteiger partial charge in [0.15, 0.2) is 0 Å². The zero-order valence-corrected chi connectivity index (χ0v) is 7.24. The molecule has 0 saturated heterocycles. The van der Waals surface area contributed by atoms with Gasteiger partial charge in [0.05, 0.1) is 12.1 Å². The van der Waals surface area contributed by atoms with Crippen molar-refractivity contribution in [3.8, 4) is 5.75 Å². The highest BCUT2D eigenvalue weighted by Crippen LogP contribution is 2.26. The van der Waals surface area contributed by atoms with Crippen LogP contribution in [0.1, 0.15) is 18.5 Å². The summed E-state index contributed by atoms with van der Waals surface area (Å²) in [6.07, 6.45) is -0.900. The Bertz CT molecular complexity index is 281. The fraction of sp³-hybridized carbons (Fsp3) is 0.333. The Morgan fingerprint density at radius 3 is 2.54 bits per heavy atom. The molecule has 0 aliphatic carbocycles. The van der Waals surface area contributed by atoms with E-state index in [0.29, 0.717) is 0 Å². The summed E-state index contributed by atoms with van der Waals surface area (Å²) in [5.74, 6) is -0.832. The average molecular weight is 185 g/mol. The summed E-state index contributed by atoms with van der Waals surface area (Å²) in [4.78, 5) is 0. The SMILES string of the molecule is CC(O)[C@H](N)c1c(O)cccc1F. The second-order valence-electron chi connectivity index (χ2n) is 2.94. The molecular weight excluding hydrogens is 173 g/mol. The summed E-state index contributed by atoms with van der Waals surface area (Å²) < 4.78 is 13.1. The van der Waals surface area contributed by atoms with Crippen LogP contribution in [0, 0.1) is 5.82 Å². The number of aliphatic hydroxyl groups excluding tert-OH is 1. The molecule has 1 unspecified atom stereocenters. The van der Waals surface area contributed by atoms with Gasteiger partial charge >= 0.3 is 0 Å². The quantitative estimate of drug-likeness (QED) is 0.641. The third-order valence-corrected chi connectivity index (χ3v) is 1.88. The van der Waals surface area contributed by atoms with E-state index in [9.17, 15) is 9.50 Å². The third kappa shape index (κ3) is 1.96. The van der Waals surface area contributed by atoms with Gasteiger partial charge in [0.25, 0.3) is 0 Å². The van der Waals surface area contributed by atoms with E-state index in [2.05, 4.69) is 0 Å². The van der Waals surface area contributed by atoms with Gasteiger partial charge in [-0.3, -0.25) is 0 Å². The number of nitrogens with two attached hydrogens (primary N) is 1. The van der Waals surface area contributed by atoms with Gasteiger partial charge in [0, 0.05) is 5.56 Å². The average Bonchev–Trinajstić information content (AvgIpc) is 2.03.